The van der Waals surface area contributed by atoms with E-state index in [0.29, 0.717) is 5.96 Å². The average Bonchev–Trinajstić information content (AvgIpc) is 2.36. The van der Waals surface area contributed by atoms with Crippen LogP contribution in [0.5, 0.6) is 0 Å². The molecule has 0 rings (SSSR count). The molecule has 0 heterocycles. The lowest BCUT2D eigenvalue weighted by Crippen LogP contribution is -2.38. The summed E-state index contributed by atoms with van der Waals surface area (Å²) in [5.74, 6) is 1.19. The fraction of sp³-hybridized carbons (Fsp3) is 0.750. The van der Waals surface area contributed by atoms with Gasteiger partial charge in [0.15, 0.2) is 5.17 Å². The Morgan fingerprint density at radius 2 is 1.95 bits per heavy atom. The highest BCUT2D eigenvalue weighted by Gasteiger charge is 2.06. The van der Waals surface area contributed by atoms with Crippen LogP contribution in [-0.2, 0) is 0 Å². The third kappa shape index (κ3) is 10.2. The van der Waals surface area contributed by atoms with E-state index in [1.807, 2.05) is 4.90 Å². The van der Waals surface area contributed by atoms with Gasteiger partial charge in [-0.05, 0) is 19.3 Å². The maximum atomic E-state index is 8.53. The van der Waals surface area contributed by atoms with E-state index in [9.17, 15) is 0 Å². The number of nitriles is 1. The van der Waals surface area contributed by atoms with Gasteiger partial charge in [-0.3, -0.25) is 5.41 Å². The van der Waals surface area contributed by atoms with Crippen molar-refractivity contribution in [1.29, 1.82) is 10.7 Å². The lowest BCUT2D eigenvalue weighted by Gasteiger charge is -2.22. The molecule has 0 bridgehead atoms. The third-order valence-electron chi connectivity index (χ3n) is 2.60. The van der Waals surface area contributed by atoms with Crippen molar-refractivity contribution in [1.82, 2.24) is 4.90 Å². The van der Waals surface area contributed by atoms with Gasteiger partial charge in [-0.15, -0.1) is 4.99 Å². The molecule has 0 amide bonds. The highest BCUT2D eigenvalue weighted by atomic mass is 32.2. The molecule has 0 aromatic heterocycles. The Hall–Kier alpha value is -1.42. The minimum Gasteiger partial charge on any atom is -0.379 e. The monoisotopic (exact) mass is 284 g/mol. The van der Waals surface area contributed by atoms with Gasteiger partial charge in [0.2, 0.25) is 12.2 Å². The van der Waals surface area contributed by atoms with Crippen LogP contribution in [0.25, 0.3) is 0 Å². The van der Waals surface area contributed by atoms with Crippen LogP contribution in [0, 0.1) is 16.9 Å². The Morgan fingerprint density at radius 1 is 1.26 bits per heavy atom. The lowest BCUT2D eigenvalue weighted by atomic mass is 10.2. The van der Waals surface area contributed by atoms with Crippen LogP contribution in [0.15, 0.2) is 4.99 Å². The predicted molar refractivity (Wildman–Crippen MR) is 81.9 cm³/mol. The Balaban J connectivity index is 3.90. The molecule has 108 valence electrons. The second-order valence-electron chi connectivity index (χ2n) is 4.18. The van der Waals surface area contributed by atoms with E-state index < -0.39 is 0 Å². The number of aliphatic imine (C=N–C) groups is 1. The topological polar surface area (TPSA) is 115 Å². The number of hydrogen-bond acceptors (Lipinski definition) is 4. The van der Waals surface area contributed by atoms with Crippen molar-refractivity contribution in [3.05, 3.63) is 0 Å². The average molecular weight is 284 g/mol. The van der Waals surface area contributed by atoms with Gasteiger partial charge in [-0.1, -0.05) is 31.5 Å². The Bertz CT molecular complexity index is 323. The standard InChI is InChI=1S/C12H24N6S/c1-2-3-7-18(12(16)17-10-13)8-5-4-6-9-19-11(14)15/h2-9H2,1H3,(H3,14,15)(H2,16,17). The number of thioether (sulfide) groups is 1. The van der Waals surface area contributed by atoms with Crippen LogP contribution in [-0.4, -0.2) is 34.9 Å². The van der Waals surface area contributed by atoms with E-state index in [-0.39, 0.29) is 5.17 Å². The first-order chi connectivity index (χ1) is 9.11. The molecule has 0 aromatic carbocycles. The number of rotatable bonds is 9. The quantitative estimate of drug-likeness (QED) is 0.258. The van der Waals surface area contributed by atoms with Crippen molar-refractivity contribution in [2.24, 2.45) is 16.5 Å². The summed E-state index contributed by atoms with van der Waals surface area (Å²) in [5.41, 5.74) is 11.0. The highest BCUT2D eigenvalue weighted by Crippen LogP contribution is 2.06. The SMILES string of the molecule is CCCCN(CCCCCSC(=N)N)C(N)=NC#N. The van der Waals surface area contributed by atoms with E-state index in [1.54, 1.807) is 6.19 Å². The maximum absolute atomic E-state index is 8.53. The van der Waals surface area contributed by atoms with Crippen LogP contribution < -0.4 is 11.5 Å². The van der Waals surface area contributed by atoms with Gasteiger partial charge in [0, 0.05) is 18.8 Å². The van der Waals surface area contributed by atoms with Crippen molar-refractivity contribution in [2.45, 2.75) is 39.0 Å². The summed E-state index contributed by atoms with van der Waals surface area (Å²) in [5, 5.41) is 15.8. The van der Waals surface area contributed by atoms with E-state index in [1.165, 1.54) is 11.8 Å². The van der Waals surface area contributed by atoms with Crippen molar-refractivity contribution in [2.75, 3.05) is 18.8 Å². The second-order valence-corrected chi connectivity index (χ2v) is 5.32. The van der Waals surface area contributed by atoms with Gasteiger partial charge < -0.3 is 16.4 Å². The first-order valence-electron chi connectivity index (χ1n) is 6.55. The maximum Gasteiger partial charge on any atom is 0.209 e. The summed E-state index contributed by atoms with van der Waals surface area (Å²) in [7, 11) is 0. The molecular weight excluding hydrogens is 260 g/mol. The van der Waals surface area contributed by atoms with Crippen LogP contribution in [0.3, 0.4) is 0 Å². The van der Waals surface area contributed by atoms with Crippen molar-refractivity contribution < 1.29 is 0 Å². The summed E-state index contributed by atoms with van der Waals surface area (Å²) in [6.45, 7) is 3.78. The number of nitrogens with one attached hydrogen (secondary N) is 1. The van der Waals surface area contributed by atoms with Crippen molar-refractivity contribution in [3.8, 4) is 6.19 Å². The number of nitrogens with two attached hydrogens (primary N) is 2. The number of amidine groups is 1. The molecule has 6 nitrogen and oxygen atoms in total. The molecule has 0 saturated heterocycles. The first kappa shape index (κ1) is 17.6. The number of unbranched alkanes of at least 4 members (excludes halogenated alkanes) is 3. The van der Waals surface area contributed by atoms with E-state index in [2.05, 4.69) is 11.9 Å². The molecule has 0 atom stereocenters. The molecule has 0 aliphatic heterocycles. The molecule has 5 N–H and O–H groups in total. The summed E-state index contributed by atoms with van der Waals surface area (Å²) in [6.07, 6.45) is 6.95. The zero-order valence-electron chi connectivity index (χ0n) is 11.6. The number of hydrogen-bond donors (Lipinski definition) is 3. The largest absolute Gasteiger partial charge is 0.379 e. The predicted octanol–water partition coefficient (Wildman–Crippen LogP) is 1.68. The van der Waals surface area contributed by atoms with Gasteiger partial charge in [0.1, 0.15) is 0 Å². The molecule has 0 aromatic rings. The molecular formula is C12H24N6S. The summed E-state index contributed by atoms with van der Waals surface area (Å²) >= 11 is 1.37. The Morgan fingerprint density at radius 3 is 2.53 bits per heavy atom. The molecule has 7 heteroatoms. The van der Waals surface area contributed by atoms with Crippen LogP contribution in [0.1, 0.15) is 39.0 Å². The number of guanidine groups is 1. The molecule has 0 fully saturated rings. The van der Waals surface area contributed by atoms with Crippen molar-refractivity contribution >= 4 is 22.9 Å². The van der Waals surface area contributed by atoms with Gasteiger partial charge in [-0.2, -0.15) is 5.26 Å². The fourth-order valence-corrected chi connectivity index (χ4v) is 2.14. The highest BCUT2D eigenvalue weighted by molar-refractivity contribution is 8.13. The van der Waals surface area contributed by atoms with Gasteiger partial charge >= 0.3 is 0 Å². The van der Waals surface area contributed by atoms with Gasteiger partial charge in [0.05, 0.1) is 0 Å². The Kier molecular flexibility index (Phi) is 10.8. The second kappa shape index (κ2) is 11.7. The number of nitrogens with zero attached hydrogens (tertiary/aromatic N) is 3. The summed E-state index contributed by atoms with van der Waals surface area (Å²) in [4.78, 5) is 5.56. The smallest absolute Gasteiger partial charge is 0.209 e. The molecule has 0 radical (unpaired) electrons. The van der Waals surface area contributed by atoms with E-state index in [4.69, 9.17) is 22.1 Å². The van der Waals surface area contributed by atoms with Crippen molar-refractivity contribution in [3.63, 3.8) is 0 Å². The normalized spacial score (nSPS) is 11.1. The van der Waals surface area contributed by atoms with Crippen LogP contribution >= 0.6 is 11.8 Å². The zero-order valence-corrected chi connectivity index (χ0v) is 12.4. The van der Waals surface area contributed by atoms with Crippen LogP contribution in [0.4, 0.5) is 0 Å². The molecule has 0 spiro atoms. The zero-order chi connectivity index (χ0) is 14.5. The first-order valence-corrected chi connectivity index (χ1v) is 7.54. The minimum atomic E-state index is 0.176. The van der Waals surface area contributed by atoms with Gasteiger partial charge in [-0.25, -0.2) is 0 Å². The summed E-state index contributed by atoms with van der Waals surface area (Å²) < 4.78 is 0. The molecule has 0 aliphatic rings. The fourth-order valence-electron chi connectivity index (χ4n) is 1.58. The lowest BCUT2D eigenvalue weighted by molar-refractivity contribution is 0.391. The van der Waals surface area contributed by atoms with Crippen LogP contribution in [0.2, 0.25) is 0 Å². The Labute approximate surface area is 119 Å². The molecule has 19 heavy (non-hydrogen) atoms. The third-order valence-corrected chi connectivity index (χ3v) is 3.40. The summed E-state index contributed by atoms with van der Waals surface area (Å²) in [6, 6.07) is 0. The van der Waals surface area contributed by atoms with Gasteiger partial charge in [0.25, 0.3) is 0 Å². The molecule has 0 unspecified atom stereocenters. The molecule has 0 aliphatic carbocycles. The van der Waals surface area contributed by atoms with E-state index in [0.717, 1.165) is 50.9 Å². The van der Waals surface area contributed by atoms with E-state index >= 15 is 0 Å². The molecule has 0 saturated carbocycles. The minimum absolute atomic E-state index is 0.176.